The molecule has 0 saturated carbocycles. The smallest absolute Gasteiger partial charge is 0.320 e. The van der Waals surface area contributed by atoms with Crippen LogP contribution in [0.1, 0.15) is 12.8 Å². The monoisotopic (exact) mass is 215 g/mol. The zero-order chi connectivity index (χ0) is 9.56. The number of aliphatic carboxylic acids is 2. The zero-order valence-electron chi connectivity index (χ0n) is 6.70. The van der Waals surface area contributed by atoms with Gasteiger partial charge in [0, 0.05) is 6.42 Å². The molecule has 5 nitrogen and oxygen atoms in total. The molecule has 0 aromatic rings. The lowest BCUT2D eigenvalue weighted by Crippen LogP contribution is -2.36. The van der Waals surface area contributed by atoms with Gasteiger partial charge in [0.1, 0.15) is 12.8 Å². The Kier molecular flexibility index (Phi) is 8.73. The molecule has 78 valence electrons. The molecule has 0 bridgehead atoms. The number of rotatable bonds is 6. The molecule has 0 rings (SSSR count). The second-order valence-electron chi connectivity index (χ2n) is 2.16. The molecule has 0 radical (unpaired) electrons. The molecule has 0 aliphatic rings. The Morgan fingerprint density at radius 2 is 1.92 bits per heavy atom. The summed E-state index contributed by atoms with van der Waals surface area (Å²) < 4.78 is 11.6. The van der Waals surface area contributed by atoms with Crippen LogP contribution in [-0.2, 0) is 9.59 Å². The average molecular weight is 216 g/mol. The first kappa shape index (κ1) is 14.6. The van der Waals surface area contributed by atoms with Crippen molar-refractivity contribution in [3.05, 3.63) is 0 Å². The molecule has 0 heterocycles. The Balaban J connectivity index is 0. The molecule has 0 aromatic heterocycles. The van der Waals surface area contributed by atoms with Gasteiger partial charge in [0.25, 0.3) is 0 Å². The van der Waals surface area contributed by atoms with E-state index < -0.39 is 24.8 Å². The summed E-state index contributed by atoms with van der Waals surface area (Å²) in [6, 6.07) is -1.12. The Bertz CT molecular complexity index is 178. The van der Waals surface area contributed by atoms with E-state index in [1.807, 2.05) is 5.32 Å². The second kappa shape index (κ2) is 7.75. The minimum absolute atomic E-state index is 0. The number of hydrogen-bond donors (Lipinski definition) is 3. The van der Waals surface area contributed by atoms with E-state index >= 15 is 0 Å². The van der Waals surface area contributed by atoms with Crippen LogP contribution in [0.4, 0.5) is 4.39 Å². The van der Waals surface area contributed by atoms with Crippen LogP contribution in [0.25, 0.3) is 0 Å². The normalized spacial score (nSPS) is 11.5. The third kappa shape index (κ3) is 7.48. The van der Waals surface area contributed by atoms with Crippen molar-refractivity contribution in [2.45, 2.75) is 18.9 Å². The van der Waals surface area contributed by atoms with Gasteiger partial charge in [-0.2, -0.15) is 0 Å². The molecule has 0 aliphatic carbocycles. The lowest BCUT2D eigenvalue weighted by molar-refractivity contribution is -0.140. The fourth-order valence-corrected chi connectivity index (χ4v) is 0.674. The summed E-state index contributed by atoms with van der Waals surface area (Å²) in [5.41, 5.74) is 0. The Labute approximate surface area is 80.3 Å². The highest BCUT2D eigenvalue weighted by Crippen LogP contribution is 1.97. The predicted molar refractivity (Wildman–Crippen MR) is 44.7 cm³/mol. The quantitative estimate of drug-likeness (QED) is 0.553. The van der Waals surface area contributed by atoms with Crippen LogP contribution in [-0.4, -0.2) is 35.0 Å². The number of carbonyl (C=O) groups is 2. The molecule has 0 saturated heterocycles. The van der Waals surface area contributed by atoms with E-state index in [9.17, 15) is 14.0 Å². The van der Waals surface area contributed by atoms with Crippen LogP contribution in [0.3, 0.4) is 0 Å². The van der Waals surface area contributed by atoms with Crippen molar-refractivity contribution in [3.8, 4) is 0 Å². The lowest BCUT2D eigenvalue weighted by Gasteiger charge is -2.09. The lowest BCUT2D eigenvalue weighted by atomic mass is 10.1. The largest absolute Gasteiger partial charge is 0.481 e. The van der Waals surface area contributed by atoms with Crippen LogP contribution >= 0.6 is 12.4 Å². The second-order valence-corrected chi connectivity index (χ2v) is 2.16. The summed E-state index contributed by atoms with van der Waals surface area (Å²) in [4.78, 5) is 20.3. The summed E-state index contributed by atoms with van der Waals surface area (Å²) in [6.07, 6.45) is -0.404. The standard InChI is InChI=1S/C6H10FNO4.ClH/c7-3-8-4(6(11)12)1-2-5(9)10;/h4,8H,1-3H2,(H,9,10)(H,11,12);1H/t4-;/m0./s1. The van der Waals surface area contributed by atoms with E-state index in [1.165, 1.54) is 0 Å². The van der Waals surface area contributed by atoms with Crippen LogP contribution in [0.2, 0.25) is 0 Å². The minimum Gasteiger partial charge on any atom is -0.481 e. The summed E-state index contributed by atoms with van der Waals surface area (Å²) in [7, 11) is 0. The van der Waals surface area contributed by atoms with Gasteiger partial charge >= 0.3 is 11.9 Å². The summed E-state index contributed by atoms with van der Waals surface area (Å²) >= 11 is 0. The molecule has 0 unspecified atom stereocenters. The molecule has 7 heteroatoms. The van der Waals surface area contributed by atoms with Gasteiger partial charge in [0.2, 0.25) is 0 Å². The molecule has 0 spiro atoms. The molecule has 0 aliphatic heterocycles. The molecule has 1 atom stereocenters. The maximum absolute atomic E-state index is 11.6. The van der Waals surface area contributed by atoms with Gasteiger partial charge in [0.05, 0.1) is 0 Å². The van der Waals surface area contributed by atoms with E-state index in [0.29, 0.717) is 0 Å². The van der Waals surface area contributed by atoms with Crippen molar-refractivity contribution in [1.29, 1.82) is 0 Å². The van der Waals surface area contributed by atoms with Crippen molar-refractivity contribution < 1.29 is 24.2 Å². The van der Waals surface area contributed by atoms with Gasteiger partial charge in [-0.25, -0.2) is 4.39 Å². The van der Waals surface area contributed by atoms with Crippen molar-refractivity contribution in [2.24, 2.45) is 0 Å². The van der Waals surface area contributed by atoms with Crippen LogP contribution in [0, 0.1) is 0 Å². The molecular weight excluding hydrogens is 205 g/mol. The van der Waals surface area contributed by atoms with E-state index in [2.05, 4.69) is 0 Å². The number of halogens is 2. The maximum Gasteiger partial charge on any atom is 0.320 e. The Hall–Kier alpha value is -0.880. The molecule has 13 heavy (non-hydrogen) atoms. The fourth-order valence-electron chi connectivity index (χ4n) is 0.674. The van der Waals surface area contributed by atoms with Gasteiger partial charge in [-0.1, -0.05) is 0 Å². The van der Waals surface area contributed by atoms with Crippen molar-refractivity contribution in [1.82, 2.24) is 5.32 Å². The minimum atomic E-state index is -1.24. The van der Waals surface area contributed by atoms with Gasteiger partial charge in [0.15, 0.2) is 0 Å². The third-order valence-corrected chi connectivity index (χ3v) is 1.27. The van der Waals surface area contributed by atoms with E-state index in [4.69, 9.17) is 10.2 Å². The van der Waals surface area contributed by atoms with Crippen LogP contribution in [0.5, 0.6) is 0 Å². The van der Waals surface area contributed by atoms with Gasteiger partial charge in [-0.3, -0.25) is 14.9 Å². The molecule has 0 aromatic carbocycles. The number of hydrogen-bond acceptors (Lipinski definition) is 3. The van der Waals surface area contributed by atoms with Crippen LogP contribution in [0.15, 0.2) is 0 Å². The number of alkyl halides is 1. The summed E-state index contributed by atoms with van der Waals surface area (Å²) in [6.45, 7) is -0.976. The van der Waals surface area contributed by atoms with Crippen molar-refractivity contribution in [3.63, 3.8) is 0 Å². The van der Waals surface area contributed by atoms with E-state index in [1.54, 1.807) is 0 Å². The Morgan fingerprint density at radius 3 is 2.23 bits per heavy atom. The highest BCUT2D eigenvalue weighted by Gasteiger charge is 2.17. The first-order valence-corrected chi connectivity index (χ1v) is 3.32. The maximum atomic E-state index is 11.6. The van der Waals surface area contributed by atoms with Gasteiger partial charge in [-0.05, 0) is 6.42 Å². The zero-order valence-corrected chi connectivity index (χ0v) is 7.51. The van der Waals surface area contributed by atoms with E-state index in [0.717, 1.165) is 0 Å². The SMILES string of the molecule is Cl.O=C(O)CC[C@H](NCF)C(=O)O. The molecule has 0 amide bonds. The van der Waals surface area contributed by atoms with Gasteiger partial charge in [-0.15, -0.1) is 12.4 Å². The highest BCUT2D eigenvalue weighted by molar-refractivity contribution is 5.85. The number of carboxylic acids is 2. The average Bonchev–Trinajstić information content (AvgIpc) is 1.96. The third-order valence-electron chi connectivity index (χ3n) is 1.27. The summed E-state index contributed by atoms with van der Waals surface area (Å²) in [5.74, 6) is -2.34. The van der Waals surface area contributed by atoms with Crippen molar-refractivity contribution >= 4 is 24.3 Å². The van der Waals surface area contributed by atoms with Gasteiger partial charge < -0.3 is 10.2 Å². The van der Waals surface area contributed by atoms with E-state index in [-0.39, 0.29) is 25.2 Å². The van der Waals surface area contributed by atoms with Crippen LogP contribution < -0.4 is 5.32 Å². The number of carboxylic acid groups (broad SMARTS) is 2. The molecular formula is C6H11ClFNO4. The molecule has 3 N–H and O–H groups in total. The number of nitrogens with one attached hydrogen (secondary N) is 1. The molecule has 0 fully saturated rings. The first-order chi connectivity index (χ1) is 5.57. The topological polar surface area (TPSA) is 86.6 Å². The fraction of sp³-hybridized carbons (Fsp3) is 0.667. The Morgan fingerprint density at radius 1 is 1.38 bits per heavy atom. The first-order valence-electron chi connectivity index (χ1n) is 3.32. The highest BCUT2D eigenvalue weighted by atomic mass is 35.5. The summed E-state index contributed by atoms with van der Waals surface area (Å²) in [5, 5.41) is 18.6. The van der Waals surface area contributed by atoms with Crippen molar-refractivity contribution in [2.75, 3.05) is 6.80 Å². The predicted octanol–water partition coefficient (Wildman–Crippen LogP) is 0.243.